The van der Waals surface area contributed by atoms with E-state index in [1.54, 1.807) is 27.2 Å². The van der Waals surface area contributed by atoms with Crippen molar-refractivity contribution in [3.05, 3.63) is 23.3 Å². The van der Waals surface area contributed by atoms with Crippen LogP contribution in [0.4, 0.5) is 0 Å². The van der Waals surface area contributed by atoms with Crippen LogP contribution in [0.15, 0.2) is 12.1 Å². The molecule has 0 radical (unpaired) electrons. The molecule has 5 heteroatoms. The molecule has 0 aromatic heterocycles. The zero-order valence-corrected chi connectivity index (χ0v) is 17.6. The first-order valence-corrected chi connectivity index (χ1v) is 9.91. The molecule has 1 aliphatic carbocycles. The first-order chi connectivity index (χ1) is 12.7. The standard InChI is InChI=1S/C22H35NO4/c1-7-11-21(19-14(3)9-10-17(26-5)20(19)25)13-18(27-6)22(23,15(4)24)12-16(21)8-2/h9-10,16,18,25H,7-8,11-13,23H2,1-6H3/t16?,18?,21-,22-/m0/s1. The fourth-order valence-electron chi connectivity index (χ4n) is 5.26. The number of carbonyl (C=O) groups is 1. The summed E-state index contributed by atoms with van der Waals surface area (Å²) >= 11 is 0. The number of hydrogen-bond acceptors (Lipinski definition) is 5. The number of methoxy groups -OCH3 is 2. The van der Waals surface area contributed by atoms with Crippen LogP contribution < -0.4 is 10.5 Å². The van der Waals surface area contributed by atoms with Crippen molar-refractivity contribution in [3.8, 4) is 11.5 Å². The molecule has 4 atom stereocenters. The Kier molecular flexibility index (Phi) is 6.59. The number of aryl methyl sites for hydroxylation is 1. The molecule has 1 aromatic rings. The number of phenolic OH excluding ortho intramolecular Hbond substituents is 1. The lowest BCUT2D eigenvalue weighted by Gasteiger charge is -2.54. The highest BCUT2D eigenvalue weighted by Gasteiger charge is 2.56. The molecule has 0 saturated heterocycles. The Morgan fingerprint density at radius 2 is 1.96 bits per heavy atom. The molecule has 0 aliphatic heterocycles. The van der Waals surface area contributed by atoms with Crippen LogP contribution in [-0.2, 0) is 14.9 Å². The summed E-state index contributed by atoms with van der Waals surface area (Å²) in [5.41, 5.74) is 7.23. The van der Waals surface area contributed by atoms with E-state index in [1.807, 2.05) is 13.0 Å². The van der Waals surface area contributed by atoms with Gasteiger partial charge in [-0.15, -0.1) is 0 Å². The number of ether oxygens (including phenoxy) is 2. The smallest absolute Gasteiger partial charge is 0.161 e. The Balaban J connectivity index is 2.72. The van der Waals surface area contributed by atoms with Crippen LogP contribution in [0.2, 0.25) is 0 Å². The zero-order valence-electron chi connectivity index (χ0n) is 17.6. The number of carbonyl (C=O) groups excluding carboxylic acids is 1. The van der Waals surface area contributed by atoms with Crippen LogP contribution >= 0.6 is 0 Å². The molecular formula is C22H35NO4. The summed E-state index contributed by atoms with van der Waals surface area (Å²) in [4.78, 5) is 12.4. The minimum absolute atomic E-state index is 0.0375. The van der Waals surface area contributed by atoms with Gasteiger partial charge >= 0.3 is 0 Å². The van der Waals surface area contributed by atoms with Crippen molar-refractivity contribution in [1.82, 2.24) is 0 Å². The summed E-state index contributed by atoms with van der Waals surface area (Å²) in [7, 11) is 3.19. The fraction of sp³-hybridized carbons (Fsp3) is 0.682. The highest BCUT2D eigenvalue weighted by atomic mass is 16.5. The van der Waals surface area contributed by atoms with Gasteiger partial charge < -0.3 is 20.3 Å². The Morgan fingerprint density at radius 3 is 2.44 bits per heavy atom. The molecule has 0 amide bonds. The maximum atomic E-state index is 12.4. The van der Waals surface area contributed by atoms with Gasteiger partial charge in [0.2, 0.25) is 0 Å². The van der Waals surface area contributed by atoms with E-state index in [0.717, 1.165) is 30.4 Å². The number of ketones is 1. The lowest BCUT2D eigenvalue weighted by Crippen LogP contribution is -2.65. The van der Waals surface area contributed by atoms with Crippen LogP contribution in [0.5, 0.6) is 11.5 Å². The van der Waals surface area contributed by atoms with Crippen molar-refractivity contribution in [2.45, 2.75) is 76.9 Å². The van der Waals surface area contributed by atoms with Gasteiger partial charge in [0.15, 0.2) is 17.3 Å². The molecule has 1 aromatic carbocycles. The number of rotatable bonds is 7. The molecule has 0 spiro atoms. The third-order valence-electron chi connectivity index (χ3n) is 6.69. The first kappa shape index (κ1) is 21.7. The van der Waals surface area contributed by atoms with E-state index in [4.69, 9.17) is 15.2 Å². The van der Waals surface area contributed by atoms with E-state index in [-0.39, 0.29) is 22.9 Å². The van der Waals surface area contributed by atoms with Crippen molar-refractivity contribution in [2.24, 2.45) is 11.7 Å². The van der Waals surface area contributed by atoms with E-state index in [2.05, 4.69) is 13.8 Å². The van der Waals surface area contributed by atoms with Crippen LogP contribution in [0.3, 0.4) is 0 Å². The topological polar surface area (TPSA) is 81.8 Å². The van der Waals surface area contributed by atoms with Crippen molar-refractivity contribution < 1.29 is 19.4 Å². The van der Waals surface area contributed by atoms with E-state index >= 15 is 0 Å². The van der Waals surface area contributed by atoms with Crippen LogP contribution in [-0.4, -0.2) is 36.8 Å². The van der Waals surface area contributed by atoms with Gasteiger partial charge in [-0.05, 0) is 50.7 Å². The normalized spacial score (nSPS) is 30.9. The average molecular weight is 378 g/mol. The molecule has 152 valence electrons. The Bertz CT molecular complexity index is 689. The summed E-state index contributed by atoms with van der Waals surface area (Å²) in [6, 6.07) is 3.79. The van der Waals surface area contributed by atoms with Crippen LogP contribution in [0.25, 0.3) is 0 Å². The SMILES string of the molecule is CCC[C@]1(c2c(C)ccc(OC)c2O)CC(OC)[C@@](N)(C(C)=O)CC1CC. The number of nitrogens with two attached hydrogens (primary N) is 1. The minimum atomic E-state index is -0.991. The Hall–Kier alpha value is -1.59. The Labute approximate surface area is 163 Å². The summed E-state index contributed by atoms with van der Waals surface area (Å²) < 4.78 is 11.2. The van der Waals surface area contributed by atoms with Gasteiger partial charge in [0, 0.05) is 18.1 Å². The maximum Gasteiger partial charge on any atom is 0.161 e. The predicted octanol–water partition coefficient (Wildman–Crippen LogP) is 3.87. The second-order valence-corrected chi connectivity index (χ2v) is 8.05. The number of Topliss-reactive ketones (excluding diaryl/α,β-unsaturated/α-hetero) is 1. The van der Waals surface area contributed by atoms with Crippen molar-refractivity contribution in [1.29, 1.82) is 0 Å². The van der Waals surface area contributed by atoms with Crippen LogP contribution in [0, 0.1) is 12.8 Å². The molecule has 1 aliphatic rings. The highest BCUT2D eigenvalue weighted by molar-refractivity contribution is 5.87. The fourth-order valence-corrected chi connectivity index (χ4v) is 5.26. The molecule has 2 unspecified atom stereocenters. The largest absolute Gasteiger partial charge is 0.504 e. The van der Waals surface area contributed by atoms with Gasteiger partial charge in [0.1, 0.15) is 5.54 Å². The Morgan fingerprint density at radius 1 is 1.30 bits per heavy atom. The van der Waals surface area contributed by atoms with Gasteiger partial charge in [-0.2, -0.15) is 0 Å². The highest BCUT2D eigenvalue weighted by Crippen LogP contribution is 2.55. The summed E-state index contributed by atoms with van der Waals surface area (Å²) in [5, 5.41) is 11.1. The number of aromatic hydroxyl groups is 1. The summed E-state index contributed by atoms with van der Waals surface area (Å²) in [6.07, 6.45) is 3.48. The second-order valence-electron chi connectivity index (χ2n) is 8.05. The number of benzene rings is 1. The van der Waals surface area contributed by atoms with E-state index in [9.17, 15) is 9.90 Å². The van der Waals surface area contributed by atoms with E-state index < -0.39 is 11.6 Å². The predicted molar refractivity (Wildman–Crippen MR) is 107 cm³/mol. The lowest BCUT2D eigenvalue weighted by molar-refractivity contribution is -0.134. The van der Waals surface area contributed by atoms with Crippen molar-refractivity contribution >= 4 is 5.78 Å². The third-order valence-corrected chi connectivity index (χ3v) is 6.69. The molecule has 5 nitrogen and oxygen atoms in total. The van der Waals surface area contributed by atoms with Gasteiger partial charge in [-0.1, -0.05) is 32.8 Å². The molecule has 1 fully saturated rings. The first-order valence-electron chi connectivity index (χ1n) is 9.91. The maximum absolute atomic E-state index is 12.4. The average Bonchev–Trinajstić information content (AvgIpc) is 2.63. The molecular weight excluding hydrogens is 342 g/mol. The zero-order chi connectivity index (χ0) is 20.4. The van der Waals surface area contributed by atoms with E-state index in [1.165, 1.54) is 0 Å². The number of hydrogen-bond donors (Lipinski definition) is 2. The van der Waals surface area contributed by atoms with Crippen LogP contribution in [0.1, 0.15) is 64.0 Å². The quantitative estimate of drug-likeness (QED) is 0.754. The summed E-state index contributed by atoms with van der Waals surface area (Å²) in [6.45, 7) is 7.86. The molecule has 3 N–H and O–H groups in total. The van der Waals surface area contributed by atoms with E-state index in [0.29, 0.717) is 18.6 Å². The van der Waals surface area contributed by atoms with Gasteiger partial charge in [-0.3, -0.25) is 4.79 Å². The van der Waals surface area contributed by atoms with Gasteiger partial charge in [0.05, 0.1) is 13.2 Å². The van der Waals surface area contributed by atoms with Gasteiger partial charge in [-0.25, -0.2) is 0 Å². The van der Waals surface area contributed by atoms with Crippen molar-refractivity contribution in [3.63, 3.8) is 0 Å². The van der Waals surface area contributed by atoms with Crippen molar-refractivity contribution in [2.75, 3.05) is 14.2 Å². The molecule has 2 rings (SSSR count). The molecule has 0 bridgehead atoms. The minimum Gasteiger partial charge on any atom is -0.504 e. The molecule has 0 heterocycles. The second kappa shape index (κ2) is 8.19. The van der Waals surface area contributed by atoms with Gasteiger partial charge in [0.25, 0.3) is 0 Å². The number of phenols is 1. The monoisotopic (exact) mass is 377 g/mol. The summed E-state index contributed by atoms with van der Waals surface area (Å²) in [5.74, 6) is 0.802. The molecule has 1 saturated carbocycles. The third kappa shape index (κ3) is 3.47. The molecule has 27 heavy (non-hydrogen) atoms. The lowest BCUT2D eigenvalue weighted by atomic mass is 9.53.